The number of rotatable bonds is 6. The number of hydrogen-bond acceptors (Lipinski definition) is 8. The molecule has 32 heavy (non-hydrogen) atoms. The maximum absolute atomic E-state index is 12.7. The van der Waals surface area contributed by atoms with Crippen molar-refractivity contribution in [1.82, 2.24) is 34.5 Å². The Labute approximate surface area is 186 Å². The van der Waals surface area contributed by atoms with Gasteiger partial charge in [0, 0.05) is 39.4 Å². The number of piperazine rings is 1. The molecule has 1 saturated heterocycles. The number of amides is 2. The number of anilines is 2. The first kappa shape index (κ1) is 21.6. The van der Waals surface area contributed by atoms with Crippen LogP contribution >= 0.6 is 0 Å². The molecule has 1 fully saturated rings. The first-order valence-corrected chi connectivity index (χ1v) is 10.5. The fourth-order valence-electron chi connectivity index (χ4n) is 3.73. The zero-order valence-electron chi connectivity index (χ0n) is 18.5. The van der Waals surface area contributed by atoms with Crippen LogP contribution in [0.25, 0.3) is 11.0 Å². The predicted molar refractivity (Wildman–Crippen MR) is 120 cm³/mol. The first-order valence-electron chi connectivity index (χ1n) is 10.5. The normalized spacial score (nSPS) is 14.2. The highest BCUT2D eigenvalue weighted by atomic mass is 16.2. The van der Waals surface area contributed by atoms with Gasteiger partial charge < -0.3 is 15.1 Å². The second-order valence-corrected chi connectivity index (χ2v) is 8.01. The van der Waals surface area contributed by atoms with Crippen molar-refractivity contribution in [3.63, 3.8) is 0 Å². The Hall–Kier alpha value is -3.60. The van der Waals surface area contributed by atoms with Crippen molar-refractivity contribution in [2.24, 2.45) is 7.05 Å². The van der Waals surface area contributed by atoms with Crippen molar-refractivity contribution in [2.45, 2.75) is 6.92 Å². The average Bonchev–Trinajstić information content (AvgIpc) is 3.16. The van der Waals surface area contributed by atoms with Crippen LogP contribution in [-0.4, -0.2) is 92.7 Å². The molecular formula is C21H27N9O2. The maximum Gasteiger partial charge on any atom is 0.239 e. The summed E-state index contributed by atoms with van der Waals surface area (Å²) in [6.45, 7) is 4.77. The topological polar surface area (TPSA) is 112 Å². The van der Waals surface area contributed by atoms with Gasteiger partial charge in [-0.1, -0.05) is 6.07 Å². The Balaban J connectivity index is 1.26. The highest BCUT2D eigenvalue weighted by Gasteiger charge is 2.24. The second-order valence-electron chi connectivity index (χ2n) is 8.01. The Kier molecular flexibility index (Phi) is 6.26. The van der Waals surface area contributed by atoms with Gasteiger partial charge in [-0.05, 0) is 25.6 Å². The van der Waals surface area contributed by atoms with Crippen LogP contribution < -0.4 is 10.2 Å². The van der Waals surface area contributed by atoms with Gasteiger partial charge >= 0.3 is 0 Å². The van der Waals surface area contributed by atoms with Crippen LogP contribution in [0.5, 0.6) is 0 Å². The summed E-state index contributed by atoms with van der Waals surface area (Å²) in [5.41, 5.74) is 1.81. The Morgan fingerprint density at radius 3 is 2.56 bits per heavy atom. The Morgan fingerprint density at radius 1 is 1.06 bits per heavy atom. The van der Waals surface area contributed by atoms with Gasteiger partial charge in [-0.25, -0.2) is 15.0 Å². The number of fused-ring (bicyclic) bond motifs is 1. The number of aryl methyl sites for hydroxylation is 2. The standard InChI is InChI=1S/C21H27N9O2/c1-15-4-5-17(22-10-15)26-18(31)12-27(2)13-19(32)29-6-8-30(9-7-29)21-16-11-25-28(3)20(16)23-14-24-21/h4-5,10-11,14H,6-9,12-13H2,1-3H3,(H,22,26,31). The molecule has 0 bridgehead atoms. The minimum Gasteiger partial charge on any atom is -0.352 e. The van der Waals surface area contributed by atoms with E-state index in [4.69, 9.17) is 0 Å². The molecule has 0 unspecified atom stereocenters. The van der Waals surface area contributed by atoms with Crippen LogP contribution in [-0.2, 0) is 16.6 Å². The van der Waals surface area contributed by atoms with Gasteiger partial charge in [-0.15, -0.1) is 0 Å². The summed E-state index contributed by atoms with van der Waals surface area (Å²) >= 11 is 0. The molecule has 4 heterocycles. The van der Waals surface area contributed by atoms with Gasteiger partial charge in [0.15, 0.2) is 5.65 Å². The quantitative estimate of drug-likeness (QED) is 0.585. The number of hydrogen-bond donors (Lipinski definition) is 1. The summed E-state index contributed by atoms with van der Waals surface area (Å²) in [6.07, 6.45) is 5.01. The van der Waals surface area contributed by atoms with Gasteiger partial charge in [0.1, 0.15) is 18.0 Å². The van der Waals surface area contributed by atoms with Crippen LogP contribution in [0.4, 0.5) is 11.6 Å². The van der Waals surface area contributed by atoms with E-state index in [0.717, 1.165) is 22.4 Å². The molecule has 3 aromatic heterocycles. The average molecular weight is 438 g/mol. The van der Waals surface area contributed by atoms with Gasteiger partial charge in [0.05, 0.1) is 24.7 Å². The molecule has 0 saturated carbocycles. The number of nitrogens with one attached hydrogen (secondary N) is 1. The van der Waals surface area contributed by atoms with E-state index in [1.54, 1.807) is 41.4 Å². The lowest BCUT2D eigenvalue weighted by molar-refractivity contribution is -0.132. The lowest BCUT2D eigenvalue weighted by Crippen LogP contribution is -2.51. The Bertz CT molecular complexity index is 1100. The van der Waals surface area contributed by atoms with E-state index in [1.165, 1.54) is 0 Å². The third-order valence-electron chi connectivity index (χ3n) is 5.44. The number of nitrogens with zero attached hydrogens (tertiary/aromatic N) is 8. The van der Waals surface area contributed by atoms with Crippen LogP contribution in [0.3, 0.4) is 0 Å². The van der Waals surface area contributed by atoms with Crippen molar-refractivity contribution in [2.75, 3.05) is 56.5 Å². The van der Waals surface area contributed by atoms with Crippen LogP contribution in [0.2, 0.25) is 0 Å². The highest BCUT2D eigenvalue weighted by Crippen LogP contribution is 2.23. The van der Waals surface area contributed by atoms with Gasteiger partial charge in [0.25, 0.3) is 0 Å². The SMILES string of the molecule is Cc1ccc(NC(=O)CN(C)CC(=O)N2CCN(c3ncnc4c3cnn4C)CC2)nc1. The van der Waals surface area contributed by atoms with Gasteiger partial charge in [0.2, 0.25) is 11.8 Å². The molecule has 0 radical (unpaired) electrons. The molecule has 0 spiro atoms. The number of pyridine rings is 1. The van der Waals surface area contributed by atoms with Crippen LogP contribution in [0, 0.1) is 6.92 Å². The number of aromatic nitrogens is 5. The van der Waals surface area contributed by atoms with E-state index in [2.05, 4.69) is 30.3 Å². The molecule has 4 rings (SSSR count). The fraction of sp³-hybridized carbons (Fsp3) is 0.429. The molecular weight excluding hydrogens is 410 g/mol. The second kappa shape index (κ2) is 9.27. The fourth-order valence-corrected chi connectivity index (χ4v) is 3.73. The summed E-state index contributed by atoms with van der Waals surface area (Å²) in [4.78, 5) is 43.5. The molecule has 0 aromatic carbocycles. The minimum atomic E-state index is -0.203. The molecule has 0 aliphatic carbocycles. The van der Waals surface area contributed by atoms with Crippen molar-refractivity contribution < 1.29 is 9.59 Å². The zero-order valence-corrected chi connectivity index (χ0v) is 18.5. The van der Waals surface area contributed by atoms with Crippen molar-refractivity contribution in [3.8, 4) is 0 Å². The third-order valence-corrected chi connectivity index (χ3v) is 5.44. The molecule has 1 N–H and O–H groups in total. The van der Waals surface area contributed by atoms with E-state index < -0.39 is 0 Å². The zero-order chi connectivity index (χ0) is 22.7. The van der Waals surface area contributed by atoms with E-state index in [9.17, 15) is 9.59 Å². The minimum absolute atomic E-state index is 0.00243. The molecule has 2 amide bonds. The molecule has 168 valence electrons. The summed E-state index contributed by atoms with van der Waals surface area (Å²) in [7, 11) is 3.61. The van der Waals surface area contributed by atoms with E-state index in [1.807, 2.05) is 24.9 Å². The van der Waals surface area contributed by atoms with E-state index in [-0.39, 0.29) is 24.9 Å². The monoisotopic (exact) mass is 437 g/mol. The number of likely N-dealkylation sites (N-methyl/N-ethyl adjacent to an activating group) is 1. The third kappa shape index (κ3) is 4.83. The lowest BCUT2D eigenvalue weighted by atomic mass is 10.2. The summed E-state index contributed by atoms with van der Waals surface area (Å²) < 4.78 is 1.72. The largest absolute Gasteiger partial charge is 0.352 e. The number of carbonyl (C=O) groups excluding carboxylic acids is 2. The predicted octanol–water partition coefficient (Wildman–Crippen LogP) is 0.286. The van der Waals surface area contributed by atoms with Gasteiger partial charge in [-0.2, -0.15) is 5.10 Å². The molecule has 11 nitrogen and oxygen atoms in total. The summed E-state index contributed by atoms with van der Waals surface area (Å²) in [5.74, 6) is 1.14. The van der Waals surface area contributed by atoms with E-state index >= 15 is 0 Å². The molecule has 1 aliphatic heterocycles. The molecule has 3 aromatic rings. The molecule has 1 aliphatic rings. The smallest absolute Gasteiger partial charge is 0.239 e. The van der Waals surface area contributed by atoms with Crippen LogP contribution in [0.15, 0.2) is 30.9 Å². The summed E-state index contributed by atoms with van der Waals surface area (Å²) in [6, 6.07) is 3.64. The van der Waals surface area contributed by atoms with Crippen LogP contribution in [0.1, 0.15) is 5.56 Å². The first-order chi connectivity index (χ1) is 15.4. The van der Waals surface area contributed by atoms with Crippen molar-refractivity contribution >= 4 is 34.5 Å². The van der Waals surface area contributed by atoms with Crippen molar-refractivity contribution in [1.29, 1.82) is 0 Å². The van der Waals surface area contributed by atoms with E-state index in [0.29, 0.717) is 32.0 Å². The highest BCUT2D eigenvalue weighted by molar-refractivity contribution is 5.91. The van der Waals surface area contributed by atoms with Gasteiger partial charge in [-0.3, -0.25) is 19.2 Å². The number of carbonyl (C=O) groups is 2. The summed E-state index contributed by atoms with van der Waals surface area (Å²) in [5, 5.41) is 7.92. The molecule has 0 atom stereocenters. The maximum atomic E-state index is 12.7. The molecule has 11 heteroatoms. The Morgan fingerprint density at radius 2 is 1.84 bits per heavy atom. The lowest BCUT2D eigenvalue weighted by Gasteiger charge is -2.36. The van der Waals surface area contributed by atoms with Crippen molar-refractivity contribution in [3.05, 3.63) is 36.4 Å².